The monoisotopic (exact) mass is 308 g/mol. The number of benzene rings is 1. The Labute approximate surface area is 128 Å². The van der Waals surface area contributed by atoms with Crippen LogP contribution in [0.4, 0.5) is 5.69 Å². The van der Waals surface area contributed by atoms with Gasteiger partial charge in [-0.1, -0.05) is 19.1 Å². The zero-order valence-corrected chi connectivity index (χ0v) is 12.8. The van der Waals surface area contributed by atoms with Crippen LogP contribution >= 0.6 is 11.8 Å². The molecule has 0 bridgehead atoms. The van der Waals surface area contributed by atoms with E-state index < -0.39 is 5.97 Å². The Kier molecular flexibility index (Phi) is 5.64. The quantitative estimate of drug-likeness (QED) is 0.774. The number of hydrogen-bond acceptors (Lipinski definition) is 4. The molecule has 0 spiro atoms. The van der Waals surface area contributed by atoms with Gasteiger partial charge in [-0.3, -0.25) is 9.59 Å². The lowest BCUT2D eigenvalue weighted by molar-refractivity contribution is -0.137. The molecule has 6 heteroatoms. The first-order valence-corrected chi connectivity index (χ1v) is 8.15. The second kappa shape index (κ2) is 7.47. The van der Waals surface area contributed by atoms with Crippen LogP contribution in [0.2, 0.25) is 0 Å². The van der Waals surface area contributed by atoms with Gasteiger partial charge in [0.05, 0.1) is 12.5 Å². The largest absolute Gasteiger partial charge is 0.481 e. The van der Waals surface area contributed by atoms with Crippen molar-refractivity contribution in [2.75, 3.05) is 23.4 Å². The van der Waals surface area contributed by atoms with Gasteiger partial charge < -0.3 is 15.7 Å². The van der Waals surface area contributed by atoms with E-state index in [4.69, 9.17) is 5.11 Å². The van der Waals surface area contributed by atoms with Gasteiger partial charge in [0.15, 0.2) is 0 Å². The van der Waals surface area contributed by atoms with Crippen LogP contribution in [0.1, 0.15) is 24.8 Å². The van der Waals surface area contributed by atoms with Crippen molar-refractivity contribution in [2.45, 2.75) is 25.3 Å². The molecule has 0 radical (unpaired) electrons. The van der Waals surface area contributed by atoms with Crippen LogP contribution in [-0.4, -0.2) is 41.1 Å². The Bertz CT molecular complexity index is 498. The van der Waals surface area contributed by atoms with Crippen molar-refractivity contribution in [3.8, 4) is 0 Å². The Morgan fingerprint density at radius 1 is 1.43 bits per heavy atom. The fourth-order valence-electron chi connectivity index (χ4n) is 2.24. The minimum Gasteiger partial charge on any atom is -0.481 e. The molecule has 1 aliphatic heterocycles. The topological polar surface area (TPSA) is 78.4 Å². The van der Waals surface area contributed by atoms with E-state index in [9.17, 15) is 9.59 Å². The summed E-state index contributed by atoms with van der Waals surface area (Å²) < 4.78 is 0. The Hall–Kier alpha value is -1.53. The summed E-state index contributed by atoms with van der Waals surface area (Å²) in [7, 11) is 0. The fraction of sp³-hybridized carbons (Fsp3) is 0.467. The maximum Gasteiger partial charge on any atom is 0.303 e. The van der Waals surface area contributed by atoms with Gasteiger partial charge in [0.25, 0.3) is 0 Å². The number of amides is 1. The molecule has 1 fully saturated rings. The van der Waals surface area contributed by atoms with Crippen molar-refractivity contribution in [2.24, 2.45) is 0 Å². The number of carbonyl (C=O) groups is 2. The second-order valence-corrected chi connectivity index (χ2v) is 6.34. The molecule has 0 saturated carbocycles. The fourth-order valence-corrected chi connectivity index (χ4v) is 3.17. The summed E-state index contributed by atoms with van der Waals surface area (Å²) in [5, 5.41) is 14.9. The number of hydrogen-bond donors (Lipinski definition) is 3. The zero-order chi connectivity index (χ0) is 15.2. The average Bonchev–Trinajstić information content (AvgIpc) is 2.48. The molecule has 1 heterocycles. The highest BCUT2D eigenvalue weighted by atomic mass is 32.2. The number of carboxylic acids is 1. The van der Waals surface area contributed by atoms with Crippen LogP contribution in [0.25, 0.3) is 0 Å². The highest BCUT2D eigenvalue weighted by molar-refractivity contribution is 7.99. The predicted octanol–water partition coefficient (Wildman–Crippen LogP) is 1.91. The third kappa shape index (κ3) is 4.75. The standard InChI is InChI=1S/C15H20N2O3S/c1-10(8-14(18)19)11-2-4-12(5-3-11)17-15(20)13-9-21-7-6-16-13/h2-5,10,13,16H,6-9H2,1H3,(H,17,20)(H,18,19). The first-order chi connectivity index (χ1) is 10.1. The number of carbonyl (C=O) groups excluding carboxylic acids is 1. The van der Waals surface area contributed by atoms with E-state index in [2.05, 4.69) is 10.6 Å². The minimum absolute atomic E-state index is 0.0199. The number of anilines is 1. The van der Waals surface area contributed by atoms with Crippen molar-refractivity contribution in [3.63, 3.8) is 0 Å². The van der Waals surface area contributed by atoms with Crippen LogP contribution in [-0.2, 0) is 9.59 Å². The molecule has 3 N–H and O–H groups in total. The lowest BCUT2D eigenvalue weighted by atomic mass is 9.98. The van der Waals surface area contributed by atoms with Gasteiger partial charge in [0.1, 0.15) is 0 Å². The van der Waals surface area contributed by atoms with Crippen LogP contribution in [0, 0.1) is 0 Å². The molecule has 1 aromatic rings. The summed E-state index contributed by atoms with van der Waals surface area (Å²) >= 11 is 1.77. The lowest BCUT2D eigenvalue weighted by Gasteiger charge is -2.22. The number of carboxylic acid groups (broad SMARTS) is 1. The maximum atomic E-state index is 12.1. The molecular weight excluding hydrogens is 288 g/mol. The van der Waals surface area contributed by atoms with Gasteiger partial charge in [-0.15, -0.1) is 0 Å². The summed E-state index contributed by atoms with van der Waals surface area (Å²) in [5.74, 6) is 0.970. The summed E-state index contributed by atoms with van der Waals surface area (Å²) in [6.07, 6.45) is 0.106. The van der Waals surface area contributed by atoms with Crippen LogP contribution in [0.15, 0.2) is 24.3 Å². The molecule has 0 aliphatic carbocycles. The summed E-state index contributed by atoms with van der Waals surface area (Å²) in [4.78, 5) is 22.8. The van der Waals surface area contributed by atoms with E-state index in [0.717, 1.165) is 29.3 Å². The molecule has 114 valence electrons. The smallest absolute Gasteiger partial charge is 0.303 e. The van der Waals surface area contributed by atoms with Crippen LogP contribution in [0.3, 0.4) is 0 Å². The normalized spacial score (nSPS) is 19.8. The summed E-state index contributed by atoms with van der Waals surface area (Å²) in [6.45, 7) is 2.74. The number of aliphatic carboxylic acids is 1. The van der Waals surface area contributed by atoms with E-state index in [-0.39, 0.29) is 24.3 Å². The molecular formula is C15H20N2O3S. The number of thioether (sulfide) groups is 1. The van der Waals surface area contributed by atoms with Gasteiger partial charge >= 0.3 is 5.97 Å². The van der Waals surface area contributed by atoms with Gasteiger partial charge in [-0.2, -0.15) is 11.8 Å². The second-order valence-electron chi connectivity index (χ2n) is 5.19. The molecule has 1 aromatic carbocycles. The van der Waals surface area contributed by atoms with E-state index in [0.29, 0.717) is 0 Å². The Morgan fingerprint density at radius 3 is 2.71 bits per heavy atom. The molecule has 5 nitrogen and oxygen atoms in total. The molecule has 1 amide bonds. The summed E-state index contributed by atoms with van der Waals surface area (Å²) in [5.41, 5.74) is 1.70. The molecule has 2 unspecified atom stereocenters. The minimum atomic E-state index is -0.805. The average molecular weight is 308 g/mol. The highest BCUT2D eigenvalue weighted by Gasteiger charge is 2.20. The van der Waals surface area contributed by atoms with Crippen molar-refractivity contribution < 1.29 is 14.7 Å². The Balaban J connectivity index is 1.92. The summed E-state index contributed by atoms with van der Waals surface area (Å²) in [6, 6.07) is 7.23. The van der Waals surface area contributed by atoms with Crippen LogP contribution in [0.5, 0.6) is 0 Å². The van der Waals surface area contributed by atoms with E-state index >= 15 is 0 Å². The van der Waals surface area contributed by atoms with Gasteiger partial charge in [0, 0.05) is 23.7 Å². The first-order valence-electron chi connectivity index (χ1n) is 7.00. The van der Waals surface area contributed by atoms with E-state index in [1.54, 1.807) is 11.8 Å². The molecule has 21 heavy (non-hydrogen) atoms. The molecule has 1 aliphatic rings. The predicted molar refractivity (Wildman–Crippen MR) is 84.9 cm³/mol. The van der Waals surface area contributed by atoms with Crippen molar-refractivity contribution >= 4 is 29.3 Å². The van der Waals surface area contributed by atoms with Gasteiger partial charge in [-0.05, 0) is 23.6 Å². The van der Waals surface area contributed by atoms with E-state index in [1.807, 2.05) is 31.2 Å². The van der Waals surface area contributed by atoms with Gasteiger partial charge in [0.2, 0.25) is 5.91 Å². The first kappa shape index (κ1) is 15.9. The zero-order valence-electron chi connectivity index (χ0n) is 12.0. The van der Waals surface area contributed by atoms with E-state index in [1.165, 1.54) is 0 Å². The maximum absolute atomic E-state index is 12.1. The van der Waals surface area contributed by atoms with Crippen molar-refractivity contribution in [3.05, 3.63) is 29.8 Å². The Morgan fingerprint density at radius 2 is 2.14 bits per heavy atom. The molecule has 0 aromatic heterocycles. The molecule has 1 saturated heterocycles. The highest BCUT2D eigenvalue weighted by Crippen LogP contribution is 2.21. The SMILES string of the molecule is CC(CC(=O)O)c1ccc(NC(=O)C2CSCCN2)cc1. The molecule has 2 rings (SSSR count). The van der Waals surface area contributed by atoms with Crippen molar-refractivity contribution in [1.82, 2.24) is 5.32 Å². The molecule has 2 atom stereocenters. The number of nitrogens with one attached hydrogen (secondary N) is 2. The van der Waals surface area contributed by atoms with Crippen LogP contribution < -0.4 is 10.6 Å². The lowest BCUT2D eigenvalue weighted by Crippen LogP contribution is -2.46. The van der Waals surface area contributed by atoms with Gasteiger partial charge in [-0.25, -0.2) is 0 Å². The number of rotatable bonds is 5. The third-order valence-electron chi connectivity index (χ3n) is 3.47. The van der Waals surface area contributed by atoms with Crippen molar-refractivity contribution in [1.29, 1.82) is 0 Å². The third-order valence-corrected chi connectivity index (χ3v) is 4.53.